The van der Waals surface area contributed by atoms with Gasteiger partial charge in [0.2, 0.25) is 0 Å². The first kappa shape index (κ1) is 23.9. The first-order chi connectivity index (χ1) is 15.6. The summed E-state index contributed by atoms with van der Waals surface area (Å²) in [7, 11) is 0. The Hall–Kier alpha value is -2.78. The van der Waals surface area contributed by atoms with Gasteiger partial charge in [-0.05, 0) is 31.7 Å². The molecular formula is C23H30N2O6S. The molecule has 0 radical (unpaired) electrons. The lowest BCUT2D eigenvalue weighted by molar-refractivity contribution is -0.147. The Morgan fingerprint density at radius 2 is 1.88 bits per heavy atom. The Balaban J connectivity index is 1.64. The number of morpholine rings is 1. The summed E-state index contributed by atoms with van der Waals surface area (Å²) in [6, 6.07) is 7.55. The Morgan fingerprint density at radius 3 is 2.56 bits per heavy atom. The lowest BCUT2D eigenvalue weighted by Crippen LogP contribution is -2.36. The molecule has 1 aliphatic rings. The standard InChI is InChI=1S/C23H30N2O6S/c1-3-29-20-15-19(25-9-11-28-12-10-25)21(30-4-2)14-18(20)24-22(26)16-31-23(27)8-7-17-6-5-13-32-17/h5-6,13-15H,3-4,7-12,16H2,1-2H3,(H,24,26). The van der Waals surface area contributed by atoms with E-state index in [1.54, 1.807) is 17.4 Å². The second kappa shape index (κ2) is 12.3. The third-order valence-electron chi connectivity index (χ3n) is 4.81. The lowest BCUT2D eigenvalue weighted by atomic mass is 10.2. The molecule has 174 valence electrons. The van der Waals surface area contributed by atoms with E-state index in [9.17, 15) is 9.59 Å². The van der Waals surface area contributed by atoms with Crippen LogP contribution in [0.3, 0.4) is 0 Å². The van der Waals surface area contributed by atoms with Crippen LogP contribution >= 0.6 is 11.3 Å². The van der Waals surface area contributed by atoms with E-state index >= 15 is 0 Å². The molecule has 2 heterocycles. The van der Waals surface area contributed by atoms with Gasteiger partial charge in [0.25, 0.3) is 5.91 Å². The van der Waals surface area contributed by atoms with Gasteiger partial charge in [0.1, 0.15) is 11.5 Å². The van der Waals surface area contributed by atoms with E-state index in [1.165, 1.54) is 0 Å². The number of thiophene rings is 1. The van der Waals surface area contributed by atoms with Crippen LogP contribution in [0.5, 0.6) is 11.5 Å². The number of carbonyl (C=O) groups is 2. The van der Waals surface area contributed by atoms with Crippen molar-refractivity contribution in [1.82, 2.24) is 0 Å². The van der Waals surface area contributed by atoms with Crippen molar-refractivity contribution in [3.63, 3.8) is 0 Å². The van der Waals surface area contributed by atoms with Crippen LogP contribution in [-0.4, -0.2) is 58.0 Å². The summed E-state index contributed by atoms with van der Waals surface area (Å²) >= 11 is 1.59. The fourth-order valence-corrected chi connectivity index (χ4v) is 4.04. The fraction of sp³-hybridized carbons (Fsp3) is 0.478. The maximum atomic E-state index is 12.5. The number of benzene rings is 1. The van der Waals surface area contributed by atoms with Crippen molar-refractivity contribution in [1.29, 1.82) is 0 Å². The molecule has 1 aliphatic heterocycles. The van der Waals surface area contributed by atoms with Crippen LogP contribution in [0.1, 0.15) is 25.1 Å². The van der Waals surface area contributed by atoms with Gasteiger partial charge in [-0.3, -0.25) is 9.59 Å². The zero-order valence-corrected chi connectivity index (χ0v) is 19.4. The number of nitrogens with zero attached hydrogens (tertiary/aromatic N) is 1. The highest BCUT2D eigenvalue weighted by atomic mass is 32.1. The van der Waals surface area contributed by atoms with E-state index in [0.29, 0.717) is 50.0 Å². The minimum absolute atomic E-state index is 0.237. The third kappa shape index (κ3) is 6.86. The molecule has 8 nitrogen and oxygen atoms in total. The van der Waals surface area contributed by atoms with Gasteiger partial charge in [-0.2, -0.15) is 0 Å². The number of amides is 1. The maximum Gasteiger partial charge on any atom is 0.306 e. The smallest absolute Gasteiger partial charge is 0.306 e. The van der Waals surface area contributed by atoms with Crippen LogP contribution in [0, 0.1) is 0 Å². The van der Waals surface area contributed by atoms with Crippen molar-refractivity contribution >= 4 is 34.6 Å². The Kier molecular flexibility index (Phi) is 9.18. The van der Waals surface area contributed by atoms with Crippen LogP contribution in [0.15, 0.2) is 29.6 Å². The number of ether oxygens (including phenoxy) is 4. The molecule has 0 atom stereocenters. The number of hydrogen-bond acceptors (Lipinski definition) is 8. The lowest BCUT2D eigenvalue weighted by Gasteiger charge is -2.31. The maximum absolute atomic E-state index is 12.5. The molecule has 1 aromatic heterocycles. The molecule has 1 amide bonds. The molecule has 0 spiro atoms. The molecule has 1 saturated heterocycles. The molecule has 0 saturated carbocycles. The van der Waals surface area contributed by atoms with Gasteiger partial charge in [0.15, 0.2) is 6.61 Å². The molecule has 0 bridgehead atoms. The molecule has 1 fully saturated rings. The van der Waals surface area contributed by atoms with Gasteiger partial charge in [0, 0.05) is 30.1 Å². The summed E-state index contributed by atoms with van der Waals surface area (Å²) in [4.78, 5) is 27.7. The van der Waals surface area contributed by atoms with E-state index in [4.69, 9.17) is 18.9 Å². The van der Waals surface area contributed by atoms with Crippen molar-refractivity contribution in [2.45, 2.75) is 26.7 Å². The molecule has 1 aromatic carbocycles. The van der Waals surface area contributed by atoms with Gasteiger partial charge >= 0.3 is 5.97 Å². The zero-order valence-electron chi connectivity index (χ0n) is 18.6. The minimum atomic E-state index is -0.433. The average Bonchev–Trinajstić information content (AvgIpc) is 3.32. The quantitative estimate of drug-likeness (QED) is 0.512. The highest BCUT2D eigenvalue weighted by molar-refractivity contribution is 7.09. The van der Waals surface area contributed by atoms with E-state index in [-0.39, 0.29) is 13.0 Å². The van der Waals surface area contributed by atoms with Crippen molar-refractivity contribution in [3.8, 4) is 11.5 Å². The number of anilines is 2. The van der Waals surface area contributed by atoms with Crippen LogP contribution in [0.4, 0.5) is 11.4 Å². The summed E-state index contributed by atoms with van der Waals surface area (Å²) in [6.07, 6.45) is 0.841. The highest BCUT2D eigenvalue weighted by Gasteiger charge is 2.20. The van der Waals surface area contributed by atoms with E-state index in [1.807, 2.05) is 37.4 Å². The van der Waals surface area contributed by atoms with E-state index in [0.717, 1.165) is 23.7 Å². The highest BCUT2D eigenvalue weighted by Crippen LogP contribution is 2.39. The zero-order chi connectivity index (χ0) is 22.8. The van der Waals surface area contributed by atoms with Gasteiger partial charge in [0.05, 0.1) is 44.2 Å². The molecular weight excluding hydrogens is 432 g/mol. The van der Waals surface area contributed by atoms with Crippen LogP contribution < -0.4 is 19.7 Å². The van der Waals surface area contributed by atoms with Gasteiger partial charge in [-0.15, -0.1) is 11.3 Å². The Labute approximate surface area is 192 Å². The third-order valence-corrected chi connectivity index (χ3v) is 5.74. The topological polar surface area (TPSA) is 86.3 Å². The van der Waals surface area contributed by atoms with Gasteiger partial charge in [-0.1, -0.05) is 6.07 Å². The summed E-state index contributed by atoms with van der Waals surface area (Å²) < 4.78 is 22.2. The molecule has 0 aliphatic carbocycles. The number of carbonyl (C=O) groups excluding carboxylic acids is 2. The fourth-order valence-electron chi connectivity index (χ4n) is 3.33. The minimum Gasteiger partial charge on any atom is -0.492 e. The van der Waals surface area contributed by atoms with Gasteiger partial charge < -0.3 is 29.2 Å². The molecule has 1 N–H and O–H groups in total. The van der Waals surface area contributed by atoms with Crippen molar-refractivity contribution < 1.29 is 28.5 Å². The number of hydrogen-bond donors (Lipinski definition) is 1. The second-order valence-electron chi connectivity index (χ2n) is 7.07. The van der Waals surface area contributed by atoms with Crippen LogP contribution in [0.25, 0.3) is 0 Å². The van der Waals surface area contributed by atoms with Crippen molar-refractivity contribution in [2.75, 3.05) is 56.3 Å². The average molecular weight is 463 g/mol. The summed E-state index contributed by atoms with van der Waals surface area (Å²) in [5, 5.41) is 4.75. The Bertz CT molecular complexity index is 881. The first-order valence-corrected chi connectivity index (χ1v) is 11.7. The number of rotatable bonds is 11. The second-order valence-corrected chi connectivity index (χ2v) is 8.10. The summed E-state index contributed by atoms with van der Waals surface area (Å²) in [5.74, 6) is 0.351. The van der Waals surface area contributed by atoms with E-state index in [2.05, 4.69) is 10.2 Å². The van der Waals surface area contributed by atoms with Crippen molar-refractivity contribution in [3.05, 3.63) is 34.5 Å². The largest absolute Gasteiger partial charge is 0.492 e. The van der Waals surface area contributed by atoms with Crippen LogP contribution in [0.2, 0.25) is 0 Å². The monoisotopic (exact) mass is 462 g/mol. The predicted octanol–water partition coefficient (Wildman–Crippen LogP) is 3.50. The van der Waals surface area contributed by atoms with Gasteiger partial charge in [-0.25, -0.2) is 0 Å². The molecule has 9 heteroatoms. The van der Waals surface area contributed by atoms with Crippen molar-refractivity contribution in [2.24, 2.45) is 0 Å². The van der Waals surface area contributed by atoms with Crippen LogP contribution in [-0.2, 0) is 25.5 Å². The first-order valence-electron chi connectivity index (χ1n) is 10.8. The molecule has 2 aromatic rings. The molecule has 3 rings (SSSR count). The van der Waals surface area contributed by atoms with E-state index < -0.39 is 11.9 Å². The number of esters is 1. The normalized spacial score (nSPS) is 13.5. The summed E-state index contributed by atoms with van der Waals surface area (Å²) in [5.41, 5.74) is 1.38. The number of aryl methyl sites for hydroxylation is 1. The molecule has 0 unspecified atom stereocenters. The predicted molar refractivity (Wildman–Crippen MR) is 124 cm³/mol. The summed E-state index contributed by atoms with van der Waals surface area (Å²) in [6.45, 7) is 7.15. The molecule has 32 heavy (non-hydrogen) atoms. The SMILES string of the molecule is CCOc1cc(N2CCOCC2)c(OCC)cc1NC(=O)COC(=O)CCc1cccs1. The number of nitrogens with one attached hydrogen (secondary N) is 1. The Morgan fingerprint density at radius 1 is 1.12 bits per heavy atom.